The van der Waals surface area contributed by atoms with Crippen LogP contribution in [0.5, 0.6) is 0 Å². The van der Waals surface area contributed by atoms with E-state index in [2.05, 4.69) is 23.6 Å². The molecule has 2 atom stereocenters. The number of phosphoric ester groups is 1. The van der Waals surface area contributed by atoms with E-state index in [0.29, 0.717) is 6.42 Å². The topological polar surface area (TPSA) is 124 Å². The van der Waals surface area contributed by atoms with Gasteiger partial charge in [-0.25, -0.2) is 4.57 Å². The number of aliphatic hydroxyl groups is 2. The molecule has 8 heteroatoms. The number of aliphatic hydroxyl groups excluding tert-OH is 2. The van der Waals surface area contributed by atoms with Crippen LogP contribution in [0.4, 0.5) is 0 Å². The van der Waals surface area contributed by atoms with Crippen molar-refractivity contribution in [1.82, 2.24) is 0 Å². The van der Waals surface area contributed by atoms with Gasteiger partial charge in [0.05, 0.1) is 6.61 Å². The first-order valence-corrected chi connectivity index (χ1v) is 12.6. The van der Waals surface area contributed by atoms with E-state index in [4.69, 9.17) is 14.9 Å². The standard InChI is InChI=1S/C21H41O7P/c1-2-3-4-5-6-7-8-9-10-11-12-13-14-15-16-17-19(23)21(20(24)18-22)28-29(25,26)27/h9-10,20-22,24H,2-8,11-18H2,1H3,(H2,25,26,27)/b10-9-/t20-,21?/m0/s1. The van der Waals surface area contributed by atoms with Crippen molar-refractivity contribution in [3.05, 3.63) is 12.2 Å². The van der Waals surface area contributed by atoms with E-state index in [1.165, 1.54) is 38.5 Å². The molecule has 0 aromatic carbocycles. The lowest BCUT2D eigenvalue weighted by Gasteiger charge is -2.20. The van der Waals surface area contributed by atoms with Gasteiger partial charge in [-0.2, -0.15) is 0 Å². The fourth-order valence-corrected chi connectivity index (χ4v) is 3.65. The molecular weight excluding hydrogens is 395 g/mol. The highest BCUT2D eigenvalue weighted by atomic mass is 31.2. The third-order valence-corrected chi connectivity index (χ3v) is 5.29. The highest BCUT2D eigenvalue weighted by Gasteiger charge is 2.33. The average molecular weight is 437 g/mol. The third kappa shape index (κ3) is 18.0. The molecule has 0 amide bonds. The molecule has 0 aromatic rings. The number of carbonyl (C=O) groups excluding carboxylic acids is 1. The maximum Gasteiger partial charge on any atom is 0.470 e. The predicted molar refractivity (Wildman–Crippen MR) is 114 cm³/mol. The lowest BCUT2D eigenvalue weighted by atomic mass is 10.0. The van der Waals surface area contributed by atoms with Gasteiger partial charge in [0.1, 0.15) is 6.10 Å². The van der Waals surface area contributed by atoms with Crippen molar-refractivity contribution >= 4 is 13.6 Å². The van der Waals surface area contributed by atoms with Crippen LogP contribution in [0.15, 0.2) is 12.2 Å². The maximum absolute atomic E-state index is 12.0. The first-order valence-electron chi connectivity index (χ1n) is 11.0. The minimum Gasteiger partial charge on any atom is -0.394 e. The molecule has 0 aliphatic heterocycles. The zero-order chi connectivity index (χ0) is 22.0. The molecule has 0 aromatic heterocycles. The molecule has 172 valence electrons. The molecular formula is C21H41O7P. The molecule has 0 heterocycles. The van der Waals surface area contributed by atoms with E-state index < -0.39 is 32.4 Å². The number of hydrogen-bond donors (Lipinski definition) is 4. The second-order valence-corrected chi connectivity index (χ2v) is 8.76. The summed E-state index contributed by atoms with van der Waals surface area (Å²) in [6.07, 6.45) is 15.9. The Balaban J connectivity index is 3.71. The number of carbonyl (C=O) groups is 1. The monoisotopic (exact) mass is 436 g/mol. The molecule has 0 aliphatic carbocycles. The van der Waals surface area contributed by atoms with E-state index in [1.807, 2.05) is 0 Å². The average Bonchev–Trinajstić information content (AvgIpc) is 2.67. The Morgan fingerprint density at radius 2 is 1.38 bits per heavy atom. The van der Waals surface area contributed by atoms with Crippen LogP contribution in [0, 0.1) is 0 Å². The lowest BCUT2D eigenvalue weighted by molar-refractivity contribution is -0.133. The highest BCUT2D eigenvalue weighted by molar-refractivity contribution is 7.46. The molecule has 0 fully saturated rings. The number of allylic oxidation sites excluding steroid dienone is 2. The van der Waals surface area contributed by atoms with Gasteiger partial charge in [0.15, 0.2) is 11.9 Å². The van der Waals surface area contributed by atoms with Gasteiger partial charge < -0.3 is 20.0 Å². The Kier molecular flexibility index (Phi) is 17.9. The first kappa shape index (κ1) is 28.4. The van der Waals surface area contributed by atoms with E-state index in [-0.39, 0.29) is 6.42 Å². The zero-order valence-corrected chi connectivity index (χ0v) is 18.8. The fraction of sp³-hybridized carbons (Fsp3) is 0.857. The molecule has 0 bridgehead atoms. The van der Waals surface area contributed by atoms with Gasteiger partial charge in [-0.05, 0) is 32.1 Å². The summed E-state index contributed by atoms with van der Waals surface area (Å²) in [4.78, 5) is 29.7. The molecule has 4 N–H and O–H groups in total. The van der Waals surface area contributed by atoms with Crippen molar-refractivity contribution in [1.29, 1.82) is 0 Å². The van der Waals surface area contributed by atoms with Crippen LogP contribution in [0.2, 0.25) is 0 Å². The summed E-state index contributed by atoms with van der Waals surface area (Å²) in [5, 5.41) is 18.4. The van der Waals surface area contributed by atoms with Gasteiger partial charge in [-0.15, -0.1) is 0 Å². The summed E-state index contributed by atoms with van der Waals surface area (Å²) in [5.41, 5.74) is 0. The van der Waals surface area contributed by atoms with Crippen LogP contribution >= 0.6 is 7.82 Å². The minimum atomic E-state index is -4.92. The summed E-state index contributed by atoms with van der Waals surface area (Å²) in [6.45, 7) is 1.43. The van der Waals surface area contributed by atoms with E-state index >= 15 is 0 Å². The number of rotatable bonds is 20. The summed E-state index contributed by atoms with van der Waals surface area (Å²) < 4.78 is 15.2. The number of unbranched alkanes of at least 4 members (excludes halogenated alkanes) is 11. The number of ketones is 1. The van der Waals surface area contributed by atoms with Gasteiger partial charge in [-0.1, -0.05) is 70.4 Å². The molecule has 0 spiro atoms. The normalized spacial score (nSPS) is 14.4. The zero-order valence-electron chi connectivity index (χ0n) is 17.9. The van der Waals surface area contributed by atoms with Gasteiger partial charge in [-0.3, -0.25) is 9.32 Å². The molecule has 7 nitrogen and oxygen atoms in total. The Morgan fingerprint density at radius 3 is 1.86 bits per heavy atom. The second-order valence-electron chi connectivity index (χ2n) is 7.57. The highest BCUT2D eigenvalue weighted by Crippen LogP contribution is 2.38. The second kappa shape index (κ2) is 18.2. The number of phosphoric acid groups is 1. The Hall–Kier alpha value is -0.560. The summed E-state index contributed by atoms with van der Waals surface area (Å²) in [6, 6.07) is 0. The fourth-order valence-electron chi connectivity index (χ4n) is 3.10. The van der Waals surface area contributed by atoms with Crippen LogP contribution in [0.25, 0.3) is 0 Å². The molecule has 0 rings (SSSR count). The molecule has 0 aliphatic rings. The Labute approximate surface area is 175 Å². The molecule has 0 radical (unpaired) electrons. The minimum absolute atomic E-state index is 0.0554. The van der Waals surface area contributed by atoms with Crippen LogP contribution in [0.3, 0.4) is 0 Å². The van der Waals surface area contributed by atoms with Gasteiger partial charge in [0, 0.05) is 6.42 Å². The molecule has 0 saturated carbocycles. The van der Waals surface area contributed by atoms with Crippen molar-refractivity contribution < 1.29 is 33.9 Å². The first-order chi connectivity index (χ1) is 13.8. The number of hydrogen-bond acceptors (Lipinski definition) is 5. The van der Waals surface area contributed by atoms with Crippen molar-refractivity contribution in [3.8, 4) is 0 Å². The number of Topliss-reactive ketones (excluding diaryl/α,β-unsaturated/α-hetero) is 1. The Bertz CT molecular complexity index is 476. The van der Waals surface area contributed by atoms with E-state index in [0.717, 1.165) is 38.5 Å². The van der Waals surface area contributed by atoms with Crippen molar-refractivity contribution in [2.24, 2.45) is 0 Å². The molecule has 1 unspecified atom stereocenters. The van der Waals surface area contributed by atoms with Crippen molar-refractivity contribution in [3.63, 3.8) is 0 Å². The van der Waals surface area contributed by atoms with Crippen LogP contribution in [-0.4, -0.2) is 44.6 Å². The lowest BCUT2D eigenvalue weighted by Crippen LogP contribution is -2.38. The quantitative estimate of drug-likeness (QED) is 0.126. The van der Waals surface area contributed by atoms with Gasteiger partial charge in [0.25, 0.3) is 0 Å². The van der Waals surface area contributed by atoms with Crippen molar-refractivity contribution in [2.75, 3.05) is 6.61 Å². The SMILES string of the molecule is CCCCCCCC/C=C\CCCCCCCC(=O)C(OP(=O)(O)O)[C@@H](O)CO. The van der Waals surface area contributed by atoms with Gasteiger partial charge >= 0.3 is 7.82 Å². The molecule has 29 heavy (non-hydrogen) atoms. The Morgan fingerprint density at radius 1 is 0.897 bits per heavy atom. The van der Waals surface area contributed by atoms with E-state index in [1.54, 1.807) is 0 Å². The maximum atomic E-state index is 12.0. The predicted octanol–water partition coefficient (Wildman–Crippen LogP) is 4.42. The largest absolute Gasteiger partial charge is 0.470 e. The smallest absolute Gasteiger partial charge is 0.394 e. The summed E-state index contributed by atoms with van der Waals surface area (Å²) >= 11 is 0. The van der Waals surface area contributed by atoms with E-state index in [9.17, 15) is 14.5 Å². The third-order valence-electron chi connectivity index (χ3n) is 4.79. The van der Waals surface area contributed by atoms with Crippen molar-refractivity contribution in [2.45, 2.75) is 109 Å². The molecule has 0 saturated heterocycles. The summed E-state index contributed by atoms with van der Waals surface area (Å²) in [5.74, 6) is -0.604. The van der Waals surface area contributed by atoms with Crippen LogP contribution in [-0.2, 0) is 13.9 Å². The van der Waals surface area contributed by atoms with Crippen LogP contribution < -0.4 is 0 Å². The van der Waals surface area contributed by atoms with Gasteiger partial charge in [0.2, 0.25) is 0 Å². The summed E-state index contributed by atoms with van der Waals surface area (Å²) in [7, 11) is -4.92. The van der Waals surface area contributed by atoms with Crippen LogP contribution in [0.1, 0.15) is 96.8 Å².